The molecule has 5 nitrogen and oxygen atoms in total. The Hall–Kier alpha value is -3.15. The monoisotopic (exact) mass is 492 g/mol. The van der Waals surface area contributed by atoms with Crippen LogP contribution in [-0.4, -0.2) is 29.1 Å². The predicted molar refractivity (Wildman–Crippen MR) is 142 cm³/mol. The van der Waals surface area contributed by atoms with E-state index in [9.17, 15) is 14.7 Å². The molecule has 1 aliphatic rings. The standard InChI is InChI=1S/C29H32N2O3.ClH/c1-19(2)22-14-12-21(13-15-22)16-24-18-23-10-6-7-11-25(23)31-28(32)27(24)30-26(29(33)34)17-20-8-4-3-5-9-20;/h3-15,19,24,26-27,30H,16-18H2,1-2H3,(H,31,32)(H,33,34);1H/t24?,26-,27-;/m0./s1. The third-order valence-electron chi connectivity index (χ3n) is 6.62. The van der Waals surface area contributed by atoms with E-state index >= 15 is 0 Å². The molecule has 1 heterocycles. The number of carbonyl (C=O) groups is 2. The van der Waals surface area contributed by atoms with E-state index in [2.05, 4.69) is 48.7 Å². The molecule has 0 bridgehead atoms. The molecule has 35 heavy (non-hydrogen) atoms. The van der Waals surface area contributed by atoms with Gasteiger partial charge in [-0.1, -0.05) is 86.6 Å². The number of rotatable bonds is 8. The Bertz CT molecular complexity index is 1130. The summed E-state index contributed by atoms with van der Waals surface area (Å²) in [5.41, 5.74) is 5.20. The van der Waals surface area contributed by atoms with Crippen molar-refractivity contribution in [1.29, 1.82) is 0 Å². The molecule has 3 aromatic carbocycles. The van der Waals surface area contributed by atoms with Crippen molar-refractivity contribution in [2.75, 3.05) is 5.32 Å². The molecule has 3 aromatic rings. The van der Waals surface area contributed by atoms with Crippen LogP contribution in [0.5, 0.6) is 0 Å². The first-order valence-corrected chi connectivity index (χ1v) is 11.9. The van der Waals surface area contributed by atoms with E-state index in [1.165, 1.54) is 5.56 Å². The van der Waals surface area contributed by atoms with Gasteiger partial charge in [0.15, 0.2) is 0 Å². The Labute approximate surface area is 213 Å². The molecule has 0 saturated heterocycles. The minimum absolute atomic E-state index is 0. The molecule has 1 aliphatic heterocycles. The highest BCUT2D eigenvalue weighted by Crippen LogP contribution is 2.28. The van der Waals surface area contributed by atoms with Gasteiger partial charge < -0.3 is 10.4 Å². The molecule has 0 aliphatic carbocycles. The Kier molecular flexibility index (Phi) is 9.07. The number of para-hydroxylation sites is 1. The lowest BCUT2D eigenvalue weighted by atomic mass is 9.85. The van der Waals surface area contributed by atoms with E-state index in [-0.39, 0.29) is 24.2 Å². The first-order chi connectivity index (χ1) is 16.4. The molecular formula is C29H33ClN2O3. The highest BCUT2D eigenvalue weighted by atomic mass is 35.5. The molecule has 3 atom stereocenters. The molecule has 0 fully saturated rings. The van der Waals surface area contributed by atoms with Crippen LogP contribution in [0.2, 0.25) is 0 Å². The van der Waals surface area contributed by atoms with Gasteiger partial charge in [0, 0.05) is 5.69 Å². The maximum absolute atomic E-state index is 13.4. The lowest BCUT2D eigenvalue weighted by Gasteiger charge is -2.28. The van der Waals surface area contributed by atoms with Crippen molar-refractivity contribution in [3.05, 3.63) is 101 Å². The van der Waals surface area contributed by atoms with Crippen LogP contribution < -0.4 is 10.6 Å². The number of hydrogen-bond donors (Lipinski definition) is 3. The van der Waals surface area contributed by atoms with Crippen LogP contribution in [0.3, 0.4) is 0 Å². The zero-order chi connectivity index (χ0) is 24.1. The van der Waals surface area contributed by atoms with E-state index in [0.29, 0.717) is 25.2 Å². The number of carbonyl (C=O) groups excluding carboxylic acids is 1. The first-order valence-electron chi connectivity index (χ1n) is 11.9. The Morgan fingerprint density at radius 2 is 1.63 bits per heavy atom. The number of fused-ring (bicyclic) bond motifs is 1. The number of anilines is 1. The van der Waals surface area contributed by atoms with Crippen molar-refractivity contribution in [1.82, 2.24) is 5.32 Å². The number of hydrogen-bond acceptors (Lipinski definition) is 3. The van der Waals surface area contributed by atoms with Gasteiger partial charge in [-0.2, -0.15) is 0 Å². The van der Waals surface area contributed by atoms with Crippen LogP contribution in [0, 0.1) is 5.92 Å². The molecule has 3 N–H and O–H groups in total. The van der Waals surface area contributed by atoms with Crippen LogP contribution in [0.4, 0.5) is 5.69 Å². The summed E-state index contributed by atoms with van der Waals surface area (Å²) in [6, 6.07) is 24.4. The fourth-order valence-corrected chi connectivity index (χ4v) is 4.67. The van der Waals surface area contributed by atoms with Gasteiger partial charge in [0.05, 0.1) is 6.04 Å². The third-order valence-corrected chi connectivity index (χ3v) is 6.62. The molecular weight excluding hydrogens is 460 g/mol. The highest BCUT2D eigenvalue weighted by Gasteiger charge is 2.35. The average Bonchev–Trinajstić information content (AvgIpc) is 2.95. The second-order valence-electron chi connectivity index (χ2n) is 9.44. The van der Waals surface area contributed by atoms with Gasteiger partial charge in [-0.3, -0.25) is 14.9 Å². The van der Waals surface area contributed by atoms with Gasteiger partial charge in [0.1, 0.15) is 6.04 Å². The zero-order valence-corrected chi connectivity index (χ0v) is 20.9. The smallest absolute Gasteiger partial charge is 0.321 e. The van der Waals surface area contributed by atoms with Crippen LogP contribution in [-0.2, 0) is 28.9 Å². The Balaban J connectivity index is 0.00000342. The van der Waals surface area contributed by atoms with Gasteiger partial charge >= 0.3 is 5.97 Å². The number of benzene rings is 3. The number of halogens is 1. The van der Waals surface area contributed by atoms with E-state index in [0.717, 1.165) is 22.4 Å². The van der Waals surface area contributed by atoms with Gasteiger partial charge in [-0.05, 0) is 59.4 Å². The third kappa shape index (κ3) is 6.71. The summed E-state index contributed by atoms with van der Waals surface area (Å²) >= 11 is 0. The summed E-state index contributed by atoms with van der Waals surface area (Å²) in [5.74, 6) is -0.786. The van der Waals surface area contributed by atoms with Crippen LogP contribution in [0.25, 0.3) is 0 Å². The van der Waals surface area contributed by atoms with E-state index in [1.54, 1.807) is 0 Å². The minimum atomic E-state index is -0.960. The predicted octanol–water partition coefficient (Wildman–Crippen LogP) is 5.24. The molecule has 4 rings (SSSR count). The number of amides is 1. The number of carboxylic acids is 1. The van der Waals surface area contributed by atoms with E-state index < -0.39 is 18.1 Å². The maximum atomic E-state index is 13.4. The summed E-state index contributed by atoms with van der Waals surface area (Å²) in [7, 11) is 0. The molecule has 0 radical (unpaired) electrons. The second kappa shape index (κ2) is 12.0. The maximum Gasteiger partial charge on any atom is 0.321 e. The van der Waals surface area contributed by atoms with Crippen LogP contribution >= 0.6 is 12.4 Å². The molecule has 1 unspecified atom stereocenters. The van der Waals surface area contributed by atoms with Crippen LogP contribution in [0.1, 0.15) is 42.0 Å². The van der Waals surface area contributed by atoms with Gasteiger partial charge in [-0.25, -0.2) is 0 Å². The minimum Gasteiger partial charge on any atom is -0.480 e. The first kappa shape index (κ1) is 26.5. The molecule has 0 spiro atoms. The molecule has 6 heteroatoms. The van der Waals surface area contributed by atoms with Crippen LogP contribution in [0.15, 0.2) is 78.9 Å². The topological polar surface area (TPSA) is 78.4 Å². The van der Waals surface area contributed by atoms with Crippen molar-refractivity contribution in [3.8, 4) is 0 Å². The summed E-state index contributed by atoms with van der Waals surface area (Å²) in [5, 5.41) is 16.2. The van der Waals surface area contributed by atoms with E-state index in [1.807, 2.05) is 54.6 Å². The van der Waals surface area contributed by atoms with E-state index in [4.69, 9.17) is 0 Å². The summed E-state index contributed by atoms with van der Waals surface area (Å²) < 4.78 is 0. The fraction of sp³-hybridized carbons (Fsp3) is 0.310. The van der Waals surface area contributed by atoms with Crippen molar-refractivity contribution in [2.24, 2.45) is 5.92 Å². The van der Waals surface area contributed by atoms with Gasteiger partial charge in [-0.15, -0.1) is 12.4 Å². The quantitative estimate of drug-likeness (QED) is 0.402. The Morgan fingerprint density at radius 3 is 2.29 bits per heavy atom. The number of carboxylic acid groups (broad SMARTS) is 1. The Morgan fingerprint density at radius 1 is 0.971 bits per heavy atom. The summed E-state index contributed by atoms with van der Waals surface area (Å²) in [6.07, 6.45) is 1.66. The number of aliphatic carboxylic acids is 1. The SMILES string of the molecule is CC(C)c1ccc(CC2Cc3ccccc3NC(=O)[C@H]2N[C@@H](Cc2ccccc2)C(=O)O)cc1.Cl. The molecule has 1 amide bonds. The number of nitrogens with one attached hydrogen (secondary N) is 2. The van der Waals surface area contributed by atoms with Gasteiger partial charge in [0.2, 0.25) is 5.91 Å². The zero-order valence-electron chi connectivity index (χ0n) is 20.1. The normalized spacial score (nSPS) is 18.1. The lowest BCUT2D eigenvalue weighted by Crippen LogP contribution is -2.53. The largest absolute Gasteiger partial charge is 0.480 e. The summed E-state index contributed by atoms with van der Waals surface area (Å²) in [6.45, 7) is 4.33. The van der Waals surface area contributed by atoms with Crippen molar-refractivity contribution in [3.63, 3.8) is 0 Å². The van der Waals surface area contributed by atoms with Gasteiger partial charge in [0.25, 0.3) is 0 Å². The lowest BCUT2D eigenvalue weighted by molar-refractivity contribution is -0.140. The second-order valence-corrected chi connectivity index (χ2v) is 9.44. The fourth-order valence-electron chi connectivity index (χ4n) is 4.67. The highest BCUT2D eigenvalue weighted by molar-refractivity contribution is 5.97. The average molecular weight is 493 g/mol. The molecule has 0 saturated carbocycles. The molecule has 184 valence electrons. The van der Waals surface area contributed by atoms with Crippen molar-refractivity contribution >= 4 is 30.0 Å². The molecule has 0 aromatic heterocycles. The summed E-state index contributed by atoms with van der Waals surface area (Å²) in [4.78, 5) is 25.5. The van der Waals surface area contributed by atoms with Crippen molar-refractivity contribution < 1.29 is 14.7 Å². The van der Waals surface area contributed by atoms with Crippen molar-refractivity contribution in [2.45, 2.75) is 51.1 Å².